The van der Waals surface area contributed by atoms with Gasteiger partial charge in [-0.2, -0.15) is 0 Å². The van der Waals surface area contributed by atoms with Crippen LogP contribution in [0.3, 0.4) is 0 Å². The molecule has 0 saturated carbocycles. The van der Waals surface area contributed by atoms with Crippen LogP contribution in [0.2, 0.25) is 0 Å². The number of carbonyl (C=O) groups excluding carboxylic acids is 2. The number of nitrogens with one attached hydrogen (secondary N) is 3. The van der Waals surface area contributed by atoms with Crippen molar-refractivity contribution < 1.29 is 14.3 Å². The van der Waals surface area contributed by atoms with E-state index in [4.69, 9.17) is 0 Å². The van der Waals surface area contributed by atoms with Crippen LogP contribution in [-0.4, -0.2) is 25.8 Å². The third kappa shape index (κ3) is 4.56. The van der Waals surface area contributed by atoms with E-state index in [0.29, 0.717) is 17.9 Å². The fourth-order valence-corrected chi connectivity index (χ4v) is 1.18. The smallest absolute Gasteiger partial charge is 0.411 e. The molecule has 0 aliphatic heterocycles. The Hall–Kier alpha value is -2.50. The van der Waals surface area contributed by atoms with Gasteiger partial charge in [0.25, 0.3) is 0 Å². The average Bonchev–Trinajstić information content (AvgIpc) is 2.36. The lowest BCUT2D eigenvalue weighted by Crippen LogP contribution is -2.28. The van der Waals surface area contributed by atoms with E-state index in [1.54, 1.807) is 30.3 Å². The second-order valence-corrected chi connectivity index (χ2v) is 3.32. The highest BCUT2D eigenvalue weighted by Crippen LogP contribution is 2.15. The Morgan fingerprint density at radius 1 is 1.33 bits per heavy atom. The van der Waals surface area contributed by atoms with Crippen molar-refractivity contribution in [2.75, 3.05) is 24.3 Å². The summed E-state index contributed by atoms with van der Waals surface area (Å²) in [7, 11) is 1.28. The maximum absolute atomic E-state index is 11.4. The topological polar surface area (TPSA) is 79.5 Å². The number of rotatable bonds is 4. The molecule has 0 aromatic heterocycles. The van der Waals surface area contributed by atoms with Gasteiger partial charge in [-0.05, 0) is 18.2 Å². The van der Waals surface area contributed by atoms with E-state index in [1.165, 1.54) is 7.11 Å². The number of benzene rings is 1. The lowest BCUT2D eigenvalue weighted by Gasteiger charge is -2.08. The molecule has 1 aromatic carbocycles. The normalized spacial score (nSPS) is 9.17. The third-order valence-corrected chi connectivity index (χ3v) is 1.96. The van der Waals surface area contributed by atoms with Crippen LogP contribution in [-0.2, 0) is 4.74 Å². The summed E-state index contributed by atoms with van der Waals surface area (Å²) < 4.78 is 4.47. The molecule has 0 saturated heterocycles. The molecule has 0 radical (unpaired) electrons. The molecule has 96 valence electrons. The molecule has 3 N–H and O–H groups in total. The first-order valence-corrected chi connectivity index (χ1v) is 5.26. The minimum Gasteiger partial charge on any atom is -0.453 e. The molecular weight excluding hydrogens is 234 g/mol. The van der Waals surface area contributed by atoms with E-state index < -0.39 is 6.09 Å². The van der Waals surface area contributed by atoms with E-state index in [0.717, 1.165) is 0 Å². The predicted molar refractivity (Wildman–Crippen MR) is 69.7 cm³/mol. The summed E-state index contributed by atoms with van der Waals surface area (Å²) in [4.78, 5) is 22.4. The summed E-state index contributed by atoms with van der Waals surface area (Å²) in [5, 5.41) is 7.69. The van der Waals surface area contributed by atoms with Gasteiger partial charge < -0.3 is 15.4 Å². The first-order chi connectivity index (χ1) is 8.65. The maximum Gasteiger partial charge on any atom is 0.411 e. The second-order valence-electron chi connectivity index (χ2n) is 3.32. The number of carbonyl (C=O) groups is 2. The minimum atomic E-state index is -0.566. The quantitative estimate of drug-likeness (QED) is 0.715. The van der Waals surface area contributed by atoms with Gasteiger partial charge in [0.2, 0.25) is 0 Å². The van der Waals surface area contributed by atoms with Crippen LogP contribution in [0.4, 0.5) is 21.0 Å². The second kappa shape index (κ2) is 6.95. The van der Waals surface area contributed by atoms with Gasteiger partial charge in [-0.25, -0.2) is 9.59 Å². The number of methoxy groups -OCH3 is 1. The van der Waals surface area contributed by atoms with Gasteiger partial charge in [0, 0.05) is 17.9 Å². The number of ether oxygens (including phenoxy) is 1. The molecule has 0 fully saturated rings. The van der Waals surface area contributed by atoms with Crippen LogP contribution in [0.15, 0.2) is 36.9 Å². The lowest BCUT2D eigenvalue weighted by molar-refractivity contribution is 0.187. The predicted octanol–water partition coefficient (Wildman–Crippen LogP) is 2.17. The summed E-state index contributed by atoms with van der Waals surface area (Å²) in [6.07, 6.45) is 1.01. The van der Waals surface area contributed by atoms with Crippen LogP contribution in [0.5, 0.6) is 0 Å². The lowest BCUT2D eigenvalue weighted by atomic mass is 10.3. The van der Waals surface area contributed by atoms with Gasteiger partial charge in [-0.1, -0.05) is 12.1 Å². The number of hydrogen-bond acceptors (Lipinski definition) is 3. The molecule has 0 bridgehead atoms. The minimum absolute atomic E-state index is 0.342. The molecule has 0 heterocycles. The SMILES string of the molecule is C=CCNC(=O)Nc1cccc(NC(=O)OC)c1. The molecule has 18 heavy (non-hydrogen) atoms. The first kappa shape index (κ1) is 13.6. The van der Waals surface area contributed by atoms with Crippen LogP contribution < -0.4 is 16.0 Å². The van der Waals surface area contributed by atoms with Crippen LogP contribution in [0.25, 0.3) is 0 Å². The Labute approximate surface area is 105 Å². The summed E-state index contributed by atoms with van der Waals surface area (Å²) in [5.41, 5.74) is 1.09. The molecule has 1 aromatic rings. The fraction of sp³-hybridized carbons (Fsp3) is 0.167. The molecule has 0 aliphatic rings. The van der Waals surface area contributed by atoms with Crippen molar-refractivity contribution in [2.45, 2.75) is 0 Å². The van der Waals surface area contributed by atoms with Crippen molar-refractivity contribution in [1.82, 2.24) is 5.32 Å². The molecule has 6 nitrogen and oxygen atoms in total. The van der Waals surface area contributed by atoms with Crippen molar-refractivity contribution in [3.05, 3.63) is 36.9 Å². The zero-order valence-corrected chi connectivity index (χ0v) is 10.0. The Morgan fingerprint density at radius 3 is 2.61 bits per heavy atom. The number of urea groups is 1. The van der Waals surface area contributed by atoms with Crippen LogP contribution in [0, 0.1) is 0 Å². The Kier molecular flexibility index (Phi) is 5.24. The Bertz CT molecular complexity index is 446. The zero-order chi connectivity index (χ0) is 13.4. The average molecular weight is 249 g/mol. The molecule has 0 unspecified atom stereocenters. The summed E-state index contributed by atoms with van der Waals surface area (Å²) in [6, 6.07) is 6.36. The monoisotopic (exact) mass is 249 g/mol. The van der Waals surface area contributed by atoms with Gasteiger partial charge in [0.15, 0.2) is 0 Å². The van der Waals surface area contributed by atoms with E-state index in [9.17, 15) is 9.59 Å². The number of amides is 3. The van der Waals surface area contributed by atoms with Gasteiger partial charge in [0.05, 0.1) is 7.11 Å². The summed E-state index contributed by atoms with van der Waals surface area (Å²) >= 11 is 0. The highest BCUT2D eigenvalue weighted by Gasteiger charge is 2.03. The highest BCUT2D eigenvalue weighted by molar-refractivity contribution is 5.91. The largest absolute Gasteiger partial charge is 0.453 e. The van der Waals surface area contributed by atoms with E-state index in [2.05, 4.69) is 27.3 Å². The van der Waals surface area contributed by atoms with Crippen molar-refractivity contribution in [3.63, 3.8) is 0 Å². The fourth-order valence-electron chi connectivity index (χ4n) is 1.18. The first-order valence-electron chi connectivity index (χ1n) is 5.26. The maximum atomic E-state index is 11.4. The summed E-state index contributed by atoms with van der Waals surface area (Å²) in [5.74, 6) is 0. The third-order valence-electron chi connectivity index (χ3n) is 1.96. The Balaban J connectivity index is 2.61. The molecular formula is C12H15N3O3. The van der Waals surface area contributed by atoms with E-state index in [-0.39, 0.29) is 6.03 Å². The summed E-state index contributed by atoms with van der Waals surface area (Å²) in [6.45, 7) is 3.87. The molecule has 0 atom stereocenters. The number of anilines is 2. The van der Waals surface area contributed by atoms with Crippen molar-refractivity contribution in [1.29, 1.82) is 0 Å². The van der Waals surface area contributed by atoms with Gasteiger partial charge >= 0.3 is 12.1 Å². The number of hydrogen-bond donors (Lipinski definition) is 3. The van der Waals surface area contributed by atoms with E-state index >= 15 is 0 Å². The molecule has 0 spiro atoms. The standard InChI is InChI=1S/C12H15N3O3/c1-3-7-13-11(16)14-9-5-4-6-10(8-9)15-12(17)18-2/h3-6,8H,1,7H2,2H3,(H,15,17)(H2,13,14,16). The zero-order valence-electron chi connectivity index (χ0n) is 10.0. The van der Waals surface area contributed by atoms with Gasteiger partial charge in [0.1, 0.15) is 0 Å². The molecule has 0 aliphatic carbocycles. The van der Waals surface area contributed by atoms with Crippen LogP contribution in [0.1, 0.15) is 0 Å². The van der Waals surface area contributed by atoms with E-state index in [1.807, 2.05) is 0 Å². The highest BCUT2D eigenvalue weighted by atomic mass is 16.5. The van der Waals surface area contributed by atoms with Gasteiger partial charge in [-0.15, -0.1) is 6.58 Å². The molecule has 1 rings (SSSR count). The van der Waals surface area contributed by atoms with Crippen molar-refractivity contribution in [3.8, 4) is 0 Å². The van der Waals surface area contributed by atoms with Gasteiger partial charge in [-0.3, -0.25) is 5.32 Å². The van der Waals surface area contributed by atoms with Crippen molar-refractivity contribution in [2.24, 2.45) is 0 Å². The molecule has 6 heteroatoms. The molecule has 3 amide bonds. The van der Waals surface area contributed by atoms with Crippen LogP contribution >= 0.6 is 0 Å². The van der Waals surface area contributed by atoms with Crippen molar-refractivity contribution >= 4 is 23.5 Å². The Morgan fingerprint density at radius 2 is 2.00 bits per heavy atom.